The summed E-state index contributed by atoms with van der Waals surface area (Å²) in [5.74, 6) is 1.13. The number of benzene rings is 2. The number of thioether (sulfide) groups is 1. The molecule has 144 valence electrons. The molecule has 0 saturated carbocycles. The summed E-state index contributed by atoms with van der Waals surface area (Å²) in [5.41, 5.74) is 7.36. The molecule has 0 saturated heterocycles. The highest BCUT2D eigenvalue weighted by atomic mass is 35.5. The van der Waals surface area contributed by atoms with Gasteiger partial charge in [-0.2, -0.15) is 15.0 Å². The Bertz CT molecular complexity index is 939. The minimum absolute atomic E-state index is 0.121. The minimum atomic E-state index is -0.141. The molecule has 9 heteroatoms. The summed E-state index contributed by atoms with van der Waals surface area (Å²) in [4.78, 5) is 24.9. The Hall–Kier alpha value is -2.84. The zero-order valence-electron chi connectivity index (χ0n) is 15.1. The maximum Gasteiger partial charge on any atom is 0.234 e. The number of hydrogen-bond acceptors (Lipinski definition) is 7. The van der Waals surface area contributed by atoms with Crippen molar-refractivity contribution in [3.05, 3.63) is 65.4 Å². The molecule has 0 unspecified atom stereocenters. The van der Waals surface area contributed by atoms with Gasteiger partial charge < -0.3 is 16.4 Å². The van der Waals surface area contributed by atoms with Gasteiger partial charge in [-0.3, -0.25) is 4.79 Å². The molecule has 3 rings (SSSR count). The predicted molar refractivity (Wildman–Crippen MR) is 115 cm³/mol. The van der Waals surface area contributed by atoms with Crippen LogP contribution in [0.1, 0.15) is 18.0 Å². The summed E-state index contributed by atoms with van der Waals surface area (Å²) in [6.45, 7) is 1.92. The number of rotatable bonds is 7. The summed E-state index contributed by atoms with van der Waals surface area (Å²) in [5, 5.41) is 6.40. The van der Waals surface area contributed by atoms with Crippen molar-refractivity contribution >= 4 is 52.5 Å². The van der Waals surface area contributed by atoms with E-state index in [2.05, 4.69) is 25.6 Å². The molecule has 0 radical (unpaired) electrons. The van der Waals surface area contributed by atoms with Gasteiger partial charge in [0.1, 0.15) is 5.82 Å². The van der Waals surface area contributed by atoms with Gasteiger partial charge in [-0.1, -0.05) is 29.8 Å². The van der Waals surface area contributed by atoms with Crippen molar-refractivity contribution < 1.29 is 4.79 Å². The van der Waals surface area contributed by atoms with Crippen molar-refractivity contribution in [1.82, 2.24) is 15.0 Å². The molecule has 0 spiro atoms. The third-order valence-electron chi connectivity index (χ3n) is 3.66. The maximum atomic E-state index is 12.2. The van der Waals surface area contributed by atoms with Gasteiger partial charge >= 0.3 is 0 Å². The second-order valence-corrected chi connectivity index (χ2v) is 7.64. The van der Waals surface area contributed by atoms with Gasteiger partial charge in [0, 0.05) is 16.4 Å². The van der Waals surface area contributed by atoms with Crippen LogP contribution in [0.5, 0.6) is 0 Å². The first kappa shape index (κ1) is 19.9. The number of nitrogens with zero attached hydrogens (tertiary/aromatic N) is 3. The van der Waals surface area contributed by atoms with Gasteiger partial charge in [0.05, 0.1) is 11.0 Å². The molecule has 0 aliphatic heterocycles. The predicted octanol–water partition coefficient (Wildman–Crippen LogP) is 4.28. The van der Waals surface area contributed by atoms with Crippen molar-refractivity contribution in [2.45, 2.75) is 12.2 Å². The zero-order chi connectivity index (χ0) is 19.9. The second kappa shape index (κ2) is 9.38. The van der Waals surface area contributed by atoms with Crippen LogP contribution >= 0.6 is 23.4 Å². The average Bonchev–Trinajstić information content (AvgIpc) is 2.68. The van der Waals surface area contributed by atoms with Crippen molar-refractivity contribution in [3.63, 3.8) is 0 Å². The fourth-order valence-electron chi connectivity index (χ4n) is 2.30. The number of carbonyl (C=O) groups is 1. The molecule has 0 fully saturated rings. The first-order valence-corrected chi connectivity index (χ1v) is 9.93. The third-order valence-corrected chi connectivity index (χ3v) is 5.05. The number of aromatic nitrogens is 3. The van der Waals surface area contributed by atoms with E-state index in [0.717, 1.165) is 5.69 Å². The largest absolute Gasteiger partial charge is 0.368 e. The number of amides is 1. The lowest BCUT2D eigenvalue weighted by molar-refractivity contribution is -0.113. The molecule has 3 aromatic rings. The average molecular weight is 415 g/mol. The fourth-order valence-corrected chi connectivity index (χ4v) is 3.16. The maximum absolute atomic E-state index is 12.2. The van der Waals surface area contributed by atoms with Crippen molar-refractivity contribution in [2.75, 3.05) is 22.1 Å². The van der Waals surface area contributed by atoms with Crippen LogP contribution in [-0.2, 0) is 4.79 Å². The zero-order valence-corrected chi connectivity index (χ0v) is 16.7. The van der Waals surface area contributed by atoms with Crippen LogP contribution in [0.2, 0.25) is 5.02 Å². The Kier molecular flexibility index (Phi) is 6.67. The van der Waals surface area contributed by atoms with Crippen molar-refractivity contribution in [1.29, 1.82) is 0 Å². The lowest BCUT2D eigenvalue weighted by Crippen LogP contribution is -2.15. The smallest absolute Gasteiger partial charge is 0.234 e. The lowest BCUT2D eigenvalue weighted by Gasteiger charge is -2.12. The Morgan fingerprint density at radius 1 is 1.07 bits per heavy atom. The Balaban J connectivity index is 1.59. The van der Waals surface area contributed by atoms with Crippen LogP contribution < -0.4 is 16.4 Å². The number of nitrogens with two attached hydrogens (primary N) is 1. The molecular formula is C19H19ClN6OS. The van der Waals surface area contributed by atoms with Crippen molar-refractivity contribution in [2.24, 2.45) is 0 Å². The van der Waals surface area contributed by atoms with E-state index in [1.54, 1.807) is 24.3 Å². The Labute approximate surface area is 172 Å². The van der Waals surface area contributed by atoms with Gasteiger partial charge in [0.2, 0.25) is 17.8 Å². The van der Waals surface area contributed by atoms with E-state index in [0.29, 0.717) is 22.5 Å². The number of halogens is 1. The van der Waals surface area contributed by atoms with Gasteiger partial charge in [-0.15, -0.1) is 11.8 Å². The molecule has 7 nitrogen and oxygen atoms in total. The Morgan fingerprint density at radius 2 is 1.79 bits per heavy atom. The highest BCUT2D eigenvalue weighted by Crippen LogP contribution is 2.27. The van der Waals surface area contributed by atoms with E-state index >= 15 is 0 Å². The van der Waals surface area contributed by atoms with Gasteiger partial charge in [-0.25, -0.2) is 0 Å². The number of para-hydroxylation sites is 1. The van der Waals surface area contributed by atoms with E-state index in [-0.39, 0.29) is 22.9 Å². The van der Waals surface area contributed by atoms with E-state index in [1.807, 2.05) is 37.3 Å². The monoisotopic (exact) mass is 414 g/mol. The number of carbonyl (C=O) groups excluding carboxylic acids is 1. The van der Waals surface area contributed by atoms with E-state index in [1.165, 1.54) is 11.8 Å². The topological polar surface area (TPSA) is 106 Å². The first-order chi connectivity index (χ1) is 13.5. The SMILES string of the molecule is C[C@H](SCC(=O)Nc1ccc(Cl)cc1)c1nc(N)nc(Nc2ccccc2)n1. The van der Waals surface area contributed by atoms with Gasteiger partial charge in [0.15, 0.2) is 0 Å². The lowest BCUT2D eigenvalue weighted by atomic mass is 10.3. The normalized spacial score (nSPS) is 11.6. The molecule has 0 bridgehead atoms. The summed E-state index contributed by atoms with van der Waals surface area (Å²) >= 11 is 7.25. The van der Waals surface area contributed by atoms with E-state index in [9.17, 15) is 4.79 Å². The molecular weight excluding hydrogens is 396 g/mol. The van der Waals surface area contributed by atoms with Crippen LogP contribution in [0.3, 0.4) is 0 Å². The van der Waals surface area contributed by atoms with Gasteiger partial charge in [-0.05, 0) is 43.3 Å². The summed E-state index contributed by atoms with van der Waals surface area (Å²) < 4.78 is 0. The van der Waals surface area contributed by atoms with Crippen molar-refractivity contribution in [3.8, 4) is 0 Å². The minimum Gasteiger partial charge on any atom is -0.368 e. The molecule has 0 aliphatic rings. The standard InChI is InChI=1S/C19H19ClN6OS/c1-12(28-11-16(27)22-15-9-7-13(20)8-10-15)17-24-18(21)26-19(25-17)23-14-5-3-2-4-6-14/h2-10,12H,11H2,1H3,(H,22,27)(H3,21,23,24,25,26)/t12-/m0/s1. The summed E-state index contributed by atoms with van der Waals surface area (Å²) in [6.07, 6.45) is 0. The summed E-state index contributed by atoms with van der Waals surface area (Å²) in [6, 6.07) is 16.5. The Morgan fingerprint density at radius 3 is 2.50 bits per heavy atom. The van der Waals surface area contributed by atoms with E-state index < -0.39 is 0 Å². The molecule has 1 aromatic heterocycles. The molecule has 28 heavy (non-hydrogen) atoms. The number of anilines is 4. The number of hydrogen-bond donors (Lipinski definition) is 3. The molecule has 2 aromatic carbocycles. The van der Waals surface area contributed by atoms with E-state index in [4.69, 9.17) is 17.3 Å². The van der Waals surface area contributed by atoms with Crippen LogP contribution in [0.15, 0.2) is 54.6 Å². The first-order valence-electron chi connectivity index (χ1n) is 8.50. The molecule has 4 N–H and O–H groups in total. The van der Waals surface area contributed by atoms with Gasteiger partial charge in [0.25, 0.3) is 0 Å². The highest BCUT2D eigenvalue weighted by molar-refractivity contribution is 8.00. The quantitative estimate of drug-likeness (QED) is 0.529. The molecule has 1 heterocycles. The third kappa shape index (κ3) is 5.83. The number of nitrogens with one attached hydrogen (secondary N) is 2. The second-order valence-electron chi connectivity index (χ2n) is 5.87. The summed E-state index contributed by atoms with van der Waals surface area (Å²) in [7, 11) is 0. The van der Waals surface area contributed by atoms with Crippen LogP contribution in [0.25, 0.3) is 0 Å². The highest BCUT2D eigenvalue weighted by Gasteiger charge is 2.15. The fraction of sp³-hybridized carbons (Fsp3) is 0.158. The van der Waals surface area contributed by atoms with Crippen LogP contribution in [0.4, 0.5) is 23.3 Å². The number of nitrogen functional groups attached to an aromatic ring is 1. The molecule has 0 aliphatic carbocycles. The van der Waals surface area contributed by atoms with Crippen LogP contribution in [0, 0.1) is 0 Å². The van der Waals surface area contributed by atoms with Crippen LogP contribution in [-0.4, -0.2) is 26.6 Å². The molecule has 1 amide bonds. The molecule has 1 atom stereocenters.